The minimum Gasteiger partial charge on any atom is -0.508 e. The van der Waals surface area contributed by atoms with E-state index in [0.717, 1.165) is 32.2 Å². The molecule has 0 atom stereocenters. The number of hydrogen-bond donors (Lipinski definition) is 1. The summed E-state index contributed by atoms with van der Waals surface area (Å²) in [4.78, 5) is 20.8. The summed E-state index contributed by atoms with van der Waals surface area (Å²) >= 11 is 1.30. The van der Waals surface area contributed by atoms with Crippen LogP contribution in [-0.4, -0.2) is 59.2 Å². The highest BCUT2D eigenvalue weighted by molar-refractivity contribution is 8.18. The quantitative estimate of drug-likeness (QED) is 0.799. The maximum absolute atomic E-state index is 13.3. The van der Waals surface area contributed by atoms with E-state index in [9.17, 15) is 14.3 Å². The van der Waals surface area contributed by atoms with Crippen molar-refractivity contribution < 1.29 is 14.3 Å². The van der Waals surface area contributed by atoms with Crippen LogP contribution in [0.15, 0.2) is 28.1 Å². The first-order chi connectivity index (χ1) is 10.5. The van der Waals surface area contributed by atoms with Crippen LogP contribution in [0.1, 0.15) is 5.56 Å². The van der Waals surface area contributed by atoms with Crippen LogP contribution >= 0.6 is 11.8 Å². The van der Waals surface area contributed by atoms with Gasteiger partial charge < -0.3 is 14.9 Å². The van der Waals surface area contributed by atoms with Gasteiger partial charge in [0.25, 0.3) is 5.91 Å². The number of rotatable bonds is 1. The molecular formula is C15H16FN3O2S. The number of phenolic OH excluding ortho intramolecular Hbond substituents is 1. The SMILES string of the molecule is CN1CCN(C2=NC(=O)/C(=C/c3cc(O)cc(F)c3)S2)CC1. The van der Waals surface area contributed by atoms with E-state index < -0.39 is 5.82 Å². The third kappa shape index (κ3) is 3.31. The lowest BCUT2D eigenvalue weighted by Crippen LogP contribution is -2.46. The lowest BCUT2D eigenvalue weighted by Gasteiger charge is -2.32. The summed E-state index contributed by atoms with van der Waals surface area (Å²) in [5.74, 6) is -1.02. The molecule has 0 aliphatic carbocycles. The van der Waals surface area contributed by atoms with Gasteiger partial charge in [0, 0.05) is 32.2 Å². The molecule has 0 bridgehead atoms. The number of halogens is 1. The zero-order valence-corrected chi connectivity index (χ0v) is 12.9. The monoisotopic (exact) mass is 321 g/mol. The van der Waals surface area contributed by atoms with Gasteiger partial charge in [0.2, 0.25) is 0 Å². The summed E-state index contributed by atoms with van der Waals surface area (Å²) in [6.45, 7) is 3.54. The topological polar surface area (TPSA) is 56.1 Å². The molecule has 0 unspecified atom stereocenters. The summed E-state index contributed by atoms with van der Waals surface area (Å²) in [6.07, 6.45) is 1.56. The standard InChI is InChI=1S/C15H16FN3O2S/c1-18-2-4-19(5-3-18)15-17-14(21)13(22-15)8-10-6-11(16)9-12(20)7-10/h6-9,20H,2-5H2,1H3/b13-8-. The molecule has 0 aromatic heterocycles. The Bertz CT molecular complexity index is 647. The van der Waals surface area contributed by atoms with E-state index in [1.165, 1.54) is 23.9 Å². The maximum Gasteiger partial charge on any atom is 0.286 e. The highest BCUT2D eigenvalue weighted by atomic mass is 32.2. The molecule has 22 heavy (non-hydrogen) atoms. The van der Waals surface area contributed by atoms with Crippen LogP contribution in [0.4, 0.5) is 4.39 Å². The Kier molecular flexibility index (Phi) is 4.17. The van der Waals surface area contributed by atoms with Gasteiger partial charge in [-0.2, -0.15) is 4.99 Å². The van der Waals surface area contributed by atoms with Crippen molar-refractivity contribution in [3.8, 4) is 5.75 Å². The number of benzene rings is 1. The van der Waals surface area contributed by atoms with E-state index in [0.29, 0.717) is 15.6 Å². The molecule has 0 radical (unpaired) electrons. The third-order valence-electron chi connectivity index (χ3n) is 3.59. The number of carbonyl (C=O) groups excluding carboxylic acids is 1. The van der Waals surface area contributed by atoms with Gasteiger partial charge in [-0.05, 0) is 42.6 Å². The predicted molar refractivity (Wildman–Crippen MR) is 85.1 cm³/mol. The second-order valence-electron chi connectivity index (χ2n) is 5.34. The van der Waals surface area contributed by atoms with Crippen molar-refractivity contribution in [2.45, 2.75) is 0 Å². The summed E-state index contributed by atoms with van der Waals surface area (Å²) in [5, 5.41) is 10.1. The number of piperazine rings is 1. The molecule has 2 aliphatic rings. The Balaban J connectivity index is 1.75. The highest BCUT2D eigenvalue weighted by Crippen LogP contribution is 2.31. The molecule has 7 heteroatoms. The number of phenols is 1. The fourth-order valence-corrected chi connectivity index (χ4v) is 3.33. The van der Waals surface area contributed by atoms with Crippen molar-refractivity contribution in [1.82, 2.24) is 9.80 Å². The number of aliphatic imine (C=N–C) groups is 1. The van der Waals surface area contributed by atoms with Gasteiger partial charge >= 0.3 is 0 Å². The number of amidine groups is 1. The molecule has 2 aliphatic heterocycles. The third-order valence-corrected chi connectivity index (χ3v) is 4.63. The van der Waals surface area contributed by atoms with Gasteiger partial charge in [0.1, 0.15) is 11.6 Å². The normalized spacial score (nSPS) is 21.5. The Labute approximate surface area is 132 Å². The summed E-state index contributed by atoms with van der Waals surface area (Å²) in [5.41, 5.74) is 0.447. The summed E-state index contributed by atoms with van der Waals surface area (Å²) in [7, 11) is 2.06. The zero-order chi connectivity index (χ0) is 15.7. The van der Waals surface area contributed by atoms with Crippen molar-refractivity contribution in [1.29, 1.82) is 0 Å². The van der Waals surface area contributed by atoms with Crippen LogP contribution in [0, 0.1) is 5.82 Å². The fraction of sp³-hybridized carbons (Fsp3) is 0.333. The average Bonchev–Trinajstić information content (AvgIpc) is 2.80. The Morgan fingerprint density at radius 3 is 2.68 bits per heavy atom. The largest absolute Gasteiger partial charge is 0.508 e. The molecule has 0 saturated carbocycles. The molecule has 1 aromatic rings. The number of nitrogens with zero attached hydrogens (tertiary/aromatic N) is 3. The van der Waals surface area contributed by atoms with Crippen molar-refractivity contribution >= 4 is 28.9 Å². The first-order valence-corrected chi connectivity index (χ1v) is 7.78. The van der Waals surface area contributed by atoms with Crippen molar-refractivity contribution in [3.05, 3.63) is 34.5 Å². The molecular weight excluding hydrogens is 305 g/mol. The maximum atomic E-state index is 13.3. The van der Waals surface area contributed by atoms with E-state index in [2.05, 4.69) is 21.8 Å². The van der Waals surface area contributed by atoms with E-state index in [-0.39, 0.29) is 11.7 Å². The van der Waals surface area contributed by atoms with Gasteiger partial charge in [-0.1, -0.05) is 0 Å². The lowest BCUT2D eigenvalue weighted by molar-refractivity contribution is -0.113. The molecule has 1 amide bonds. The Morgan fingerprint density at radius 2 is 2.00 bits per heavy atom. The van der Waals surface area contributed by atoms with Crippen LogP contribution in [0.3, 0.4) is 0 Å². The van der Waals surface area contributed by atoms with Crippen LogP contribution < -0.4 is 0 Å². The van der Waals surface area contributed by atoms with E-state index in [1.807, 2.05) is 0 Å². The molecule has 1 N–H and O–H groups in total. The Morgan fingerprint density at radius 1 is 1.27 bits per heavy atom. The molecule has 1 fully saturated rings. The zero-order valence-electron chi connectivity index (χ0n) is 12.1. The second-order valence-corrected chi connectivity index (χ2v) is 6.35. The Hall–Kier alpha value is -1.86. The van der Waals surface area contributed by atoms with E-state index >= 15 is 0 Å². The van der Waals surface area contributed by atoms with Crippen LogP contribution in [0.5, 0.6) is 5.75 Å². The van der Waals surface area contributed by atoms with Gasteiger partial charge in [-0.15, -0.1) is 0 Å². The van der Waals surface area contributed by atoms with Crippen molar-refractivity contribution in [2.75, 3.05) is 33.2 Å². The minimum atomic E-state index is -0.539. The number of thioether (sulfide) groups is 1. The van der Waals surface area contributed by atoms with E-state index in [1.54, 1.807) is 6.08 Å². The number of carbonyl (C=O) groups is 1. The van der Waals surface area contributed by atoms with Gasteiger partial charge in [-0.3, -0.25) is 4.79 Å². The fourth-order valence-electron chi connectivity index (χ4n) is 2.36. The lowest BCUT2D eigenvalue weighted by atomic mass is 10.2. The van der Waals surface area contributed by atoms with Gasteiger partial charge in [0.15, 0.2) is 5.17 Å². The summed E-state index contributed by atoms with van der Waals surface area (Å²) in [6, 6.07) is 3.71. The van der Waals surface area contributed by atoms with Gasteiger partial charge in [-0.25, -0.2) is 4.39 Å². The van der Waals surface area contributed by atoms with Crippen LogP contribution in [-0.2, 0) is 4.79 Å². The first-order valence-electron chi connectivity index (χ1n) is 6.97. The molecule has 0 spiro atoms. The van der Waals surface area contributed by atoms with E-state index in [4.69, 9.17) is 0 Å². The smallest absolute Gasteiger partial charge is 0.286 e. The first kappa shape index (κ1) is 15.1. The molecule has 1 saturated heterocycles. The number of amides is 1. The number of aromatic hydroxyl groups is 1. The minimum absolute atomic E-state index is 0.164. The number of hydrogen-bond acceptors (Lipinski definition) is 5. The molecule has 1 aromatic carbocycles. The van der Waals surface area contributed by atoms with Gasteiger partial charge in [0.05, 0.1) is 4.91 Å². The predicted octanol–water partition coefficient (Wildman–Crippen LogP) is 1.75. The molecule has 2 heterocycles. The second kappa shape index (κ2) is 6.10. The molecule has 3 rings (SSSR count). The van der Waals surface area contributed by atoms with Crippen molar-refractivity contribution in [3.63, 3.8) is 0 Å². The van der Waals surface area contributed by atoms with Crippen LogP contribution in [0.25, 0.3) is 6.08 Å². The molecule has 5 nitrogen and oxygen atoms in total. The number of likely N-dealkylation sites (N-methyl/N-ethyl adjacent to an activating group) is 1. The van der Waals surface area contributed by atoms with Crippen LogP contribution in [0.2, 0.25) is 0 Å². The average molecular weight is 321 g/mol. The molecule has 116 valence electrons. The highest BCUT2D eigenvalue weighted by Gasteiger charge is 2.27. The van der Waals surface area contributed by atoms with Crippen molar-refractivity contribution in [2.24, 2.45) is 4.99 Å². The summed E-state index contributed by atoms with van der Waals surface area (Å²) < 4.78 is 13.3.